The molecule has 1 heterocycles. The molecule has 0 aliphatic heterocycles. The Morgan fingerprint density at radius 2 is 2.05 bits per heavy atom. The number of aldehydes is 1. The van der Waals surface area contributed by atoms with Gasteiger partial charge in [-0.2, -0.15) is 0 Å². The predicted molar refractivity (Wildman–Crippen MR) is 71.8 cm³/mol. The van der Waals surface area contributed by atoms with Gasteiger partial charge in [0, 0.05) is 12.4 Å². The van der Waals surface area contributed by atoms with Gasteiger partial charge in [0.1, 0.15) is 12.0 Å². The molecule has 0 bridgehead atoms. The van der Waals surface area contributed by atoms with Crippen LogP contribution in [-0.2, 0) is 9.59 Å². The van der Waals surface area contributed by atoms with Crippen LogP contribution in [0.25, 0.3) is 0 Å². The number of hydrogen-bond donors (Lipinski definition) is 2. The van der Waals surface area contributed by atoms with Crippen molar-refractivity contribution in [2.75, 3.05) is 6.54 Å². The van der Waals surface area contributed by atoms with E-state index in [0.29, 0.717) is 6.29 Å². The third-order valence-corrected chi connectivity index (χ3v) is 2.59. The van der Waals surface area contributed by atoms with Gasteiger partial charge >= 0.3 is 0 Å². The van der Waals surface area contributed by atoms with Crippen LogP contribution in [0.4, 0.5) is 0 Å². The molecule has 108 valence electrons. The van der Waals surface area contributed by atoms with E-state index in [2.05, 4.69) is 20.6 Å². The van der Waals surface area contributed by atoms with Gasteiger partial charge in [-0.1, -0.05) is 20.8 Å². The van der Waals surface area contributed by atoms with Crippen molar-refractivity contribution in [1.82, 2.24) is 20.6 Å². The number of hydrogen-bond acceptors (Lipinski definition) is 5. The molecule has 0 aliphatic carbocycles. The first-order valence-corrected chi connectivity index (χ1v) is 6.13. The maximum absolute atomic E-state index is 11.7. The van der Waals surface area contributed by atoms with Gasteiger partial charge in [0.15, 0.2) is 0 Å². The van der Waals surface area contributed by atoms with Crippen LogP contribution >= 0.6 is 0 Å². The van der Waals surface area contributed by atoms with E-state index in [1.165, 1.54) is 18.6 Å². The molecule has 1 aromatic heterocycles. The number of rotatable bonds is 5. The normalized spacial score (nSPS) is 12.3. The Bertz CT molecular complexity index is 482. The lowest BCUT2D eigenvalue weighted by Gasteiger charge is -2.26. The highest BCUT2D eigenvalue weighted by atomic mass is 16.2. The summed E-state index contributed by atoms with van der Waals surface area (Å²) in [6.07, 6.45) is 4.82. The molecule has 1 rings (SSSR count). The Labute approximate surface area is 117 Å². The van der Waals surface area contributed by atoms with Crippen molar-refractivity contribution in [2.45, 2.75) is 26.8 Å². The molecule has 2 amide bonds. The maximum atomic E-state index is 11.7. The zero-order valence-corrected chi connectivity index (χ0v) is 11.7. The Balaban J connectivity index is 2.48. The molecule has 1 aromatic rings. The van der Waals surface area contributed by atoms with Crippen molar-refractivity contribution >= 4 is 18.1 Å². The monoisotopic (exact) mass is 278 g/mol. The largest absolute Gasteiger partial charge is 0.345 e. The fourth-order valence-electron chi connectivity index (χ4n) is 1.35. The number of amides is 2. The van der Waals surface area contributed by atoms with Gasteiger partial charge in [0.2, 0.25) is 5.91 Å². The second-order valence-corrected chi connectivity index (χ2v) is 5.32. The molecule has 20 heavy (non-hydrogen) atoms. The molecular weight excluding hydrogens is 260 g/mol. The first-order valence-electron chi connectivity index (χ1n) is 6.13. The third kappa shape index (κ3) is 4.75. The molecule has 0 radical (unpaired) electrons. The van der Waals surface area contributed by atoms with Crippen LogP contribution in [0.3, 0.4) is 0 Å². The Kier molecular flexibility index (Phi) is 5.31. The highest BCUT2D eigenvalue weighted by Gasteiger charge is 2.25. The summed E-state index contributed by atoms with van der Waals surface area (Å²) < 4.78 is 0. The minimum Gasteiger partial charge on any atom is -0.345 e. The average Bonchev–Trinajstić information content (AvgIpc) is 2.41. The van der Waals surface area contributed by atoms with E-state index < -0.39 is 17.9 Å². The lowest BCUT2D eigenvalue weighted by molar-refractivity contribution is -0.124. The maximum Gasteiger partial charge on any atom is 0.271 e. The standard InChI is InChI=1S/C13H18N4O3/c1-13(2,3)10(8-18)17-11(19)7-16-12(20)9-6-14-4-5-15-9/h4-6,8,10H,7H2,1-3H3,(H,16,20)(H,17,19)/t10-/m1/s1. The van der Waals surface area contributed by atoms with Crippen LogP contribution < -0.4 is 10.6 Å². The molecule has 0 fully saturated rings. The van der Waals surface area contributed by atoms with Crippen LogP contribution in [0.2, 0.25) is 0 Å². The molecule has 2 N–H and O–H groups in total. The van der Waals surface area contributed by atoms with Crippen LogP contribution in [0.15, 0.2) is 18.6 Å². The molecule has 0 saturated heterocycles. The van der Waals surface area contributed by atoms with Crippen LogP contribution in [0.1, 0.15) is 31.3 Å². The summed E-state index contributed by atoms with van der Waals surface area (Å²) in [4.78, 5) is 41.8. The summed E-state index contributed by atoms with van der Waals surface area (Å²) in [6.45, 7) is 5.29. The minimum atomic E-state index is -0.608. The van der Waals surface area contributed by atoms with E-state index in [4.69, 9.17) is 0 Å². The van der Waals surface area contributed by atoms with Crippen molar-refractivity contribution in [3.05, 3.63) is 24.3 Å². The third-order valence-electron chi connectivity index (χ3n) is 2.59. The van der Waals surface area contributed by atoms with Crippen molar-refractivity contribution in [2.24, 2.45) is 5.41 Å². The van der Waals surface area contributed by atoms with Gasteiger partial charge in [-0.3, -0.25) is 14.6 Å². The van der Waals surface area contributed by atoms with Crippen molar-refractivity contribution < 1.29 is 14.4 Å². The van der Waals surface area contributed by atoms with Gasteiger partial charge in [-0.25, -0.2) is 4.98 Å². The van der Waals surface area contributed by atoms with Gasteiger partial charge in [-0.15, -0.1) is 0 Å². The van der Waals surface area contributed by atoms with E-state index >= 15 is 0 Å². The zero-order valence-electron chi connectivity index (χ0n) is 11.7. The number of nitrogens with zero attached hydrogens (tertiary/aromatic N) is 2. The highest BCUT2D eigenvalue weighted by Crippen LogP contribution is 2.17. The number of aromatic nitrogens is 2. The van der Waals surface area contributed by atoms with Crippen LogP contribution in [0.5, 0.6) is 0 Å². The van der Waals surface area contributed by atoms with Gasteiger partial charge in [0.05, 0.1) is 18.8 Å². The van der Waals surface area contributed by atoms with Crippen molar-refractivity contribution in [3.63, 3.8) is 0 Å². The van der Waals surface area contributed by atoms with Gasteiger partial charge in [-0.05, 0) is 5.41 Å². The molecule has 0 aromatic carbocycles. The van der Waals surface area contributed by atoms with E-state index in [1.54, 1.807) is 0 Å². The lowest BCUT2D eigenvalue weighted by Crippen LogP contribution is -2.48. The van der Waals surface area contributed by atoms with E-state index in [9.17, 15) is 14.4 Å². The number of carbonyl (C=O) groups excluding carboxylic acids is 3. The molecule has 0 aliphatic rings. The highest BCUT2D eigenvalue weighted by molar-refractivity contribution is 5.94. The Morgan fingerprint density at radius 3 is 2.55 bits per heavy atom. The fraction of sp³-hybridized carbons (Fsp3) is 0.462. The molecule has 0 spiro atoms. The molecule has 7 nitrogen and oxygen atoms in total. The summed E-state index contributed by atoms with van der Waals surface area (Å²) in [5.74, 6) is -0.930. The fourth-order valence-corrected chi connectivity index (χ4v) is 1.35. The number of carbonyl (C=O) groups is 3. The van der Waals surface area contributed by atoms with Crippen molar-refractivity contribution in [1.29, 1.82) is 0 Å². The van der Waals surface area contributed by atoms with Gasteiger partial charge in [0.25, 0.3) is 5.91 Å². The summed E-state index contributed by atoms with van der Waals surface area (Å²) in [6, 6.07) is -0.608. The minimum absolute atomic E-state index is 0.128. The second-order valence-electron chi connectivity index (χ2n) is 5.32. The summed E-state index contributed by atoms with van der Waals surface area (Å²) in [7, 11) is 0. The first kappa shape index (κ1) is 15.7. The van der Waals surface area contributed by atoms with Crippen LogP contribution in [0, 0.1) is 5.41 Å². The predicted octanol–water partition coefficient (Wildman–Crippen LogP) is -0.0638. The van der Waals surface area contributed by atoms with E-state index in [0.717, 1.165) is 0 Å². The lowest BCUT2D eigenvalue weighted by atomic mass is 9.88. The quantitative estimate of drug-likeness (QED) is 0.735. The molecular formula is C13H18N4O3. The van der Waals surface area contributed by atoms with E-state index in [-0.39, 0.29) is 17.7 Å². The first-order chi connectivity index (χ1) is 9.34. The molecule has 7 heteroatoms. The average molecular weight is 278 g/mol. The number of nitrogens with one attached hydrogen (secondary N) is 2. The Hall–Kier alpha value is -2.31. The zero-order chi connectivity index (χ0) is 15.2. The summed E-state index contributed by atoms with van der Waals surface area (Å²) >= 11 is 0. The van der Waals surface area contributed by atoms with E-state index in [1.807, 2.05) is 20.8 Å². The van der Waals surface area contributed by atoms with Gasteiger partial charge < -0.3 is 15.4 Å². The molecule has 0 saturated carbocycles. The van der Waals surface area contributed by atoms with Crippen molar-refractivity contribution in [3.8, 4) is 0 Å². The molecule has 1 atom stereocenters. The van der Waals surface area contributed by atoms with Crippen LogP contribution in [-0.4, -0.2) is 40.7 Å². The summed E-state index contributed by atoms with van der Waals surface area (Å²) in [5.41, 5.74) is -0.255. The smallest absolute Gasteiger partial charge is 0.271 e. The second kappa shape index (κ2) is 6.74. The summed E-state index contributed by atoms with van der Waals surface area (Å²) in [5, 5.41) is 4.97. The topological polar surface area (TPSA) is 101 Å². The SMILES string of the molecule is CC(C)(C)[C@@H](C=O)NC(=O)CNC(=O)c1cnccn1. The Morgan fingerprint density at radius 1 is 1.35 bits per heavy atom. The molecule has 0 unspecified atom stereocenters.